The van der Waals surface area contributed by atoms with Crippen LogP contribution in [0.2, 0.25) is 0 Å². The van der Waals surface area contributed by atoms with Crippen LogP contribution in [0.25, 0.3) is 10.9 Å². The van der Waals surface area contributed by atoms with Gasteiger partial charge >= 0.3 is 0 Å². The third kappa shape index (κ3) is 3.36. The Labute approximate surface area is 142 Å². The van der Waals surface area contributed by atoms with E-state index in [4.69, 9.17) is 9.47 Å². The molecule has 0 bridgehead atoms. The number of nitrogens with zero attached hydrogens (tertiary/aromatic N) is 1. The first-order valence-corrected chi connectivity index (χ1v) is 8.41. The Bertz CT molecular complexity index is 726. The highest BCUT2D eigenvalue weighted by Crippen LogP contribution is 2.41. The lowest BCUT2D eigenvalue weighted by Gasteiger charge is -2.39. The number of methoxy groups -OCH3 is 1. The molecule has 5 heteroatoms. The van der Waals surface area contributed by atoms with Crippen LogP contribution >= 0.6 is 0 Å². The molecule has 0 radical (unpaired) electrons. The molecular weight excluding hydrogens is 304 g/mol. The van der Waals surface area contributed by atoms with E-state index < -0.39 is 0 Å². The number of rotatable bonds is 7. The molecule has 0 aliphatic heterocycles. The van der Waals surface area contributed by atoms with Crippen molar-refractivity contribution in [1.29, 1.82) is 0 Å². The summed E-state index contributed by atoms with van der Waals surface area (Å²) in [6.07, 6.45) is 2.90. The Balaban J connectivity index is 1.55. The zero-order chi connectivity index (χ0) is 17.0. The molecule has 1 N–H and O–H groups in total. The predicted octanol–water partition coefficient (Wildman–Crippen LogP) is 2.85. The van der Waals surface area contributed by atoms with E-state index >= 15 is 0 Å². The fraction of sp³-hybridized carbons (Fsp3) is 0.474. The van der Waals surface area contributed by atoms with Crippen LogP contribution in [0, 0.1) is 12.3 Å². The summed E-state index contributed by atoms with van der Waals surface area (Å²) < 4.78 is 11.0. The van der Waals surface area contributed by atoms with Crippen molar-refractivity contribution in [3.8, 4) is 5.75 Å². The largest absolute Gasteiger partial charge is 0.489 e. The molecule has 1 aliphatic rings. The van der Waals surface area contributed by atoms with Crippen LogP contribution in [0.5, 0.6) is 5.75 Å². The molecule has 24 heavy (non-hydrogen) atoms. The second-order valence-corrected chi connectivity index (χ2v) is 6.45. The molecule has 1 fully saturated rings. The van der Waals surface area contributed by atoms with Crippen molar-refractivity contribution in [3.05, 3.63) is 36.0 Å². The Kier molecular flexibility index (Phi) is 5.00. The zero-order valence-corrected chi connectivity index (χ0v) is 14.3. The van der Waals surface area contributed by atoms with E-state index in [1.807, 2.05) is 37.3 Å². The number of amides is 1. The van der Waals surface area contributed by atoms with Crippen molar-refractivity contribution < 1.29 is 14.3 Å². The minimum absolute atomic E-state index is 0.0751. The fourth-order valence-corrected chi connectivity index (χ4v) is 3.16. The van der Waals surface area contributed by atoms with Crippen LogP contribution in [0.4, 0.5) is 0 Å². The molecule has 1 aliphatic carbocycles. The van der Waals surface area contributed by atoms with E-state index in [-0.39, 0.29) is 11.3 Å². The fourth-order valence-electron chi connectivity index (χ4n) is 3.16. The number of hydrogen-bond acceptors (Lipinski definition) is 4. The molecule has 0 saturated heterocycles. The lowest BCUT2D eigenvalue weighted by molar-refractivity contribution is -0.140. The van der Waals surface area contributed by atoms with E-state index in [1.165, 1.54) is 0 Å². The number of carbonyl (C=O) groups excluding carboxylic acids is 1. The quantitative estimate of drug-likeness (QED) is 0.794. The molecule has 2 aromatic rings. The molecular formula is C19H24N2O3. The Hall–Kier alpha value is -2.14. The second kappa shape index (κ2) is 7.18. The van der Waals surface area contributed by atoms with Crippen molar-refractivity contribution >= 4 is 16.8 Å². The highest BCUT2D eigenvalue weighted by molar-refractivity contribution is 5.85. The molecule has 3 rings (SSSR count). The molecule has 5 nitrogen and oxygen atoms in total. The van der Waals surface area contributed by atoms with Gasteiger partial charge in [-0.2, -0.15) is 0 Å². The van der Waals surface area contributed by atoms with E-state index in [0.29, 0.717) is 19.8 Å². The number of aryl methyl sites for hydroxylation is 1. The molecule has 1 aromatic heterocycles. The Morgan fingerprint density at radius 3 is 2.83 bits per heavy atom. The molecule has 0 unspecified atom stereocenters. The van der Waals surface area contributed by atoms with Gasteiger partial charge < -0.3 is 14.8 Å². The van der Waals surface area contributed by atoms with E-state index in [1.54, 1.807) is 7.11 Å². The molecule has 1 saturated carbocycles. The summed E-state index contributed by atoms with van der Waals surface area (Å²) in [6.45, 7) is 3.35. The lowest BCUT2D eigenvalue weighted by atomic mass is 9.68. The van der Waals surface area contributed by atoms with Crippen LogP contribution in [0.3, 0.4) is 0 Å². The number of ether oxygens (including phenoxy) is 2. The second-order valence-electron chi connectivity index (χ2n) is 6.45. The number of pyridine rings is 1. The highest BCUT2D eigenvalue weighted by atomic mass is 16.5. The number of hydrogen-bond donors (Lipinski definition) is 1. The summed E-state index contributed by atoms with van der Waals surface area (Å²) in [5.41, 5.74) is 1.49. The molecule has 0 spiro atoms. The molecule has 0 atom stereocenters. The van der Waals surface area contributed by atoms with Crippen LogP contribution < -0.4 is 10.1 Å². The third-order valence-electron chi connectivity index (χ3n) is 4.68. The van der Waals surface area contributed by atoms with E-state index in [9.17, 15) is 4.79 Å². The Morgan fingerprint density at radius 1 is 1.29 bits per heavy atom. The summed E-state index contributed by atoms with van der Waals surface area (Å²) in [5.74, 6) is 0.826. The number of aromatic nitrogens is 1. The minimum Gasteiger partial charge on any atom is -0.489 e. The van der Waals surface area contributed by atoms with Crippen molar-refractivity contribution in [2.75, 3.05) is 26.9 Å². The number of nitrogens with one attached hydrogen (secondary N) is 1. The normalized spacial score (nSPS) is 15.8. The van der Waals surface area contributed by atoms with Gasteiger partial charge in [0.2, 0.25) is 5.91 Å². The first-order valence-electron chi connectivity index (χ1n) is 8.41. The zero-order valence-electron chi connectivity index (χ0n) is 14.3. The first kappa shape index (κ1) is 16.7. The minimum atomic E-state index is -0.327. The maximum atomic E-state index is 12.3. The smallest absolute Gasteiger partial charge is 0.228 e. The van der Waals surface area contributed by atoms with Crippen molar-refractivity contribution in [3.63, 3.8) is 0 Å². The van der Waals surface area contributed by atoms with Gasteiger partial charge in [-0.05, 0) is 31.9 Å². The summed E-state index contributed by atoms with van der Waals surface area (Å²) in [4.78, 5) is 16.9. The first-order chi connectivity index (χ1) is 11.6. The number of carbonyl (C=O) groups is 1. The van der Waals surface area contributed by atoms with Gasteiger partial charge in [0.05, 0.1) is 18.6 Å². The Morgan fingerprint density at radius 2 is 2.12 bits per heavy atom. The lowest BCUT2D eigenvalue weighted by Crippen LogP contribution is -2.49. The topological polar surface area (TPSA) is 60.5 Å². The van der Waals surface area contributed by atoms with Crippen LogP contribution in [-0.4, -0.2) is 37.8 Å². The molecule has 1 heterocycles. The van der Waals surface area contributed by atoms with E-state index in [0.717, 1.165) is 41.6 Å². The van der Waals surface area contributed by atoms with Gasteiger partial charge in [0.15, 0.2) is 0 Å². The van der Waals surface area contributed by atoms with Crippen molar-refractivity contribution in [1.82, 2.24) is 10.3 Å². The van der Waals surface area contributed by atoms with Gasteiger partial charge in [-0.1, -0.05) is 24.6 Å². The number of benzene rings is 1. The SMILES string of the molecule is COCC1(C(=O)NCCOc2cccc3ccc(C)nc23)CCC1. The van der Waals surface area contributed by atoms with Gasteiger partial charge in [0.25, 0.3) is 0 Å². The van der Waals surface area contributed by atoms with Gasteiger partial charge in [0.1, 0.15) is 17.9 Å². The number of fused-ring (bicyclic) bond motifs is 1. The average molecular weight is 328 g/mol. The third-order valence-corrected chi connectivity index (χ3v) is 4.68. The monoisotopic (exact) mass is 328 g/mol. The summed E-state index contributed by atoms with van der Waals surface area (Å²) >= 11 is 0. The van der Waals surface area contributed by atoms with Crippen LogP contribution in [0.15, 0.2) is 30.3 Å². The number of para-hydroxylation sites is 1. The predicted molar refractivity (Wildman–Crippen MR) is 93.1 cm³/mol. The maximum Gasteiger partial charge on any atom is 0.228 e. The van der Waals surface area contributed by atoms with Crippen molar-refractivity contribution in [2.24, 2.45) is 5.41 Å². The van der Waals surface area contributed by atoms with Gasteiger partial charge in [-0.15, -0.1) is 0 Å². The van der Waals surface area contributed by atoms with Gasteiger partial charge in [0, 0.05) is 18.2 Å². The summed E-state index contributed by atoms with van der Waals surface area (Å²) in [7, 11) is 1.64. The standard InChI is InChI=1S/C19H24N2O3/c1-14-7-8-15-5-3-6-16(17(15)21-14)24-12-11-20-18(22)19(13-23-2)9-4-10-19/h3,5-8H,4,9-13H2,1-2H3,(H,20,22). The van der Waals surface area contributed by atoms with Crippen LogP contribution in [0.1, 0.15) is 25.0 Å². The molecule has 1 aromatic carbocycles. The maximum absolute atomic E-state index is 12.3. The van der Waals surface area contributed by atoms with Gasteiger partial charge in [-0.3, -0.25) is 4.79 Å². The highest BCUT2D eigenvalue weighted by Gasteiger charge is 2.43. The molecule has 128 valence electrons. The van der Waals surface area contributed by atoms with Crippen LogP contribution in [-0.2, 0) is 9.53 Å². The van der Waals surface area contributed by atoms with Crippen molar-refractivity contribution in [2.45, 2.75) is 26.2 Å². The van der Waals surface area contributed by atoms with Gasteiger partial charge in [-0.25, -0.2) is 4.98 Å². The summed E-state index contributed by atoms with van der Waals surface area (Å²) in [5, 5.41) is 4.03. The molecule has 1 amide bonds. The summed E-state index contributed by atoms with van der Waals surface area (Å²) in [6, 6.07) is 9.91. The average Bonchev–Trinajstić information content (AvgIpc) is 2.55. The van der Waals surface area contributed by atoms with E-state index in [2.05, 4.69) is 10.3 Å².